The molecular weight excluding hydrogens is 334 g/mol. The third kappa shape index (κ3) is 2.85. The van der Waals surface area contributed by atoms with Gasteiger partial charge >= 0.3 is 0 Å². The van der Waals surface area contributed by atoms with Gasteiger partial charge in [0.05, 0.1) is 38.4 Å². The van der Waals surface area contributed by atoms with Crippen LogP contribution in [0.4, 0.5) is 5.69 Å². The van der Waals surface area contributed by atoms with Crippen LogP contribution in [0.1, 0.15) is 34.0 Å². The van der Waals surface area contributed by atoms with Crippen LogP contribution in [0.2, 0.25) is 0 Å². The van der Waals surface area contributed by atoms with E-state index in [0.717, 1.165) is 25.2 Å². The van der Waals surface area contributed by atoms with Crippen molar-refractivity contribution in [3.8, 4) is 0 Å². The van der Waals surface area contributed by atoms with Crippen molar-refractivity contribution in [1.82, 2.24) is 5.32 Å². The molecule has 0 aliphatic carbocycles. The zero-order valence-corrected chi connectivity index (χ0v) is 15.2. The molecule has 2 N–H and O–H groups in total. The Bertz CT molecular complexity index is 818. The number of rotatable bonds is 1. The SMILES string of the molecule is Cc1ccc2c(c1)[C@H]1C[NH+](C)CC[C@@H]1N2C(=S)NC(=O)c1ccco1. The van der Waals surface area contributed by atoms with E-state index in [9.17, 15) is 4.79 Å². The highest BCUT2D eigenvalue weighted by molar-refractivity contribution is 7.80. The standard InChI is InChI=1S/C19H21N3O2S/c1-12-5-6-15-13(10-12)14-11-21(2)8-7-16(14)22(15)19(25)20-18(23)17-4-3-9-24-17/h3-6,9-10,14,16H,7-8,11H2,1-2H3,(H,20,23,25)/p+1/t14-,16+/m1/s1. The van der Waals surface area contributed by atoms with E-state index >= 15 is 0 Å². The van der Waals surface area contributed by atoms with Crippen LogP contribution < -0.4 is 15.1 Å². The number of likely N-dealkylation sites (N-methyl/N-ethyl adjacent to an activating group) is 1. The van der Waals surface area contributed by atoms with Gasteiger partial charge in [-0.1, -0.05) is 17.7 Å². The molecule has 1 aromatic heterocycles. The van der Waals surface area contributed by atoms with Gasteiger partial charge in [-0.05, 0) is 42.9 Å². The number of hydrogen-bond acceptors (Lipinski definition) is 3. The Kier molecular flexibility index (Phi) is 4.09. The Balaban J connectivity index is 1.64. The summed E-state index contributed by atoms with van der Waals surface area (Å²) in [6, 6.07) is 10.1. The van der Waals surface area contributed by atoms with Crippen LogP contribution in [-0.4, -0.2) is 37.2 Å². The Labute approximate surface area is 152 Å². The Morgan fingerprint density at radius 1 is 1.40 bits per heavy atom. The number of furan rings is 1. The molecule has 0 saturated carbocycles. The molecule has 1 fully saturated rings. The van der Waals surface area contributed by atoms with Gasteiger partial charge in [0.25, 0.3) is 5.91 Å². The second-order valence-electron chi connectivity index (χ2n) is 7.04. The smallest absolute Gasteiger partial charge is 0.293 e. The van der Waals surface area contributed by atoms with Crippen LogP contribution in [0.3, 0.4) is 0 Å². The average molecular weight is 356 g/mol. The van der Waals surface area contributed by atoms with Crippen molar-refractivity contribution >= 4 is 28.9 Å². The molecule has 4 rings (SSSR count). The minimum Gasteiger partial charge on any atom is -0.459 e. The second-order valence-corrected chi connectivity index (χ2v) is 7.43. The first-order chi connectivity index (χ1) is 12.0. The van der Waals surface area contributed by atoms with Gasteiger partial charge < -0.3 is 14.2 Å². The maximum Gasteiger partial charge on any atom is 0.293 e. The van der Waals surface area contributed by atoms with E-state index in [0.29, 0.717) is 17.1 Å². The second kappa shape index (κ2) is 6.28. The zero-order valence-electron chi connectivity index (χ0n) is 14.4. The number of amides is 1. The third-order valence-corrected chi connectivity index (χ3v) is 5.56. The predicted molar refractivity (Wildman–Crippen MR) is 100 cm³/mol. The Morgan fingerprint density at radius 3 is 3.00 bits per heavy atom. The molecule has 25 heavy (non-hydrogen) atoms. The quantitative estimate of drug-likeness (QED) is 0.761. The van der Waals surface area contributed by atoms with Crippen molar-refractivity contribution in [2.45, 2.75) is 25.3 Å². The number of quaternary nitrogens is 1. The molecule has 0 bridgehead atoms. The van der Waals surface area contributed by atoms with Gasteiger partial charge in [0.15, 0.2) is 10.9 Å². The minimum atomic E-state index is -0.300. The predicted octanol–water partition coefficient (Wildman–Crippen LogP) is 1.49. The van der Waals surface area contributed by atoms with E-state index in [1.54, 1.807) is 17.0 Å². The monoisotopic (exact) mass is 356 g/mol. The minimum absolute atomic E-state index is 0.273. The van der Waals surface area contributed by atoms with Gasteiger partial charge in [-0.3, -0.25) is 10.1 Å². The van der Waals surface area contributed by atoms with E-state index < -0.39 is 0 Å². The molecule has 3 atom stereocenters. The number of fused-ring (bicyclic) bond motifs is 3. The Morgan fingerprint density at radius 2 is 2.24 bits per heavy atom. The summed E-state index contributed by atoms with van der Waals surface area (Å²) in [4.78, 5) is 16.0. The number of carbonyl (C=O) groups excluding carboxylic acids is 1. The topological polar surface area (TPSA) is 49.9 Å². The summed E-state index contributed by atoms with van der Waals surface area (Å²) in [5.74, 6) is 0.419. The van der Waals surface area contributed by atoms with Crippen LogP contribution in [0.5, 0.6) is 0 Å². The summed E-state index contributed by atoms with van der Waals surface area (Å²) >= 11 is 5.62. The van der Waals surface area contributed by atoms with E-state index in [1.165, 1.54) is 17.4 Å². The van der Waals surface area contributed by atoms with Gasteiger partial charge in [-0.25, -0.2) is 0 Å². The lowest BCUT2D eigenvalue weighted by molar-refractivity contribution is -0.886. The molecule has 6 heteroatoms. The number of likely N-dealkylation sites (tertiary alicyclic amines) is 1. The number of carbonyl (C=O) groups is 1. The van der Waals surface area contributed by atoms with Crippen molar-refractivity contribution in [1.29, 1.82) is 0 Å². The molecular formula is C19H22N3O2S+. The molecule has 3 heterocycles. The molecule has 0 spiro atoms. The molecule has 2 aliphatic heterocycles. The number of anilines is 1. The van der Waals surface area contributed by atoms with Crippen LogP contribution in [0.25, 0.3) is 0 Å². The molecule has 130 valence electrons. The molecule has 2 aliphatic rings. The van der Waals surface area contributed by atoms with Crippen LogP contribution in [0.15, 0.2) is 41.0 Å². The summed E-state index contributed by atoms with van der Waals surface area (Å²) in [7, 11) is 2.24. The number of nitrogens with zero attached hydrogens (tertiary/aromatic N) is 1. The number of benzene rings is 1. The highest BCUT2D eigenvalue weighted by atomic mass is 32.1. The number of thiocarbonyl (C=S) groups is 1. The number of hydrogen-bond donors (Lipinski definition) is 2. The molecule has 2 aromatic rings. The summed E-state index contributed by atoms with van der Waals surface area (Å²) in [5, 5.41) is 3.30. The van der Waals surface area contributed by atoms with Gasteiger partial charge in [0, 0.05) is 12.1 Å². The largest absolute Gasteiger partial charge is 0.459 e. The number of piperidine rings is 1. The third-order valence-electron chi connectivity index (χ3n) is 5.26. The van der Waals surface area contributed by atoms with E-state index in [-0.39, 0.29) is 11.7 Å². The van der Waals surface area contributed by atoms with E-state index in [4.69, 9.17) is 16.6 Å². The average Bonchev–Trinajstić information content (AvgIpc) is 3.21. The maximum absolute atomic E-state index is 12.3. The van der Waals surface area contributed by atoms with Crippen LogP contribution in [-0.2, 0) is 0 Å². The van der Waals surface area contributed by atoms with Gasteiger partial charge in [0.2, 0.25) is 0 Å². The molecule has 5 nitrogen and oxygen atoms in total. The van der Waals surface area contributed by atoms with Crippen molar-refractivity contribution < 1.29 is 14.1 Å². The molecule has 1 unspecified atom stereocenters. The van der Waals surface area contributed by atoms with Gasteiger partial charge in [0.1, 0.15) is 0 Å². The number of aryl methyl sites for hydroxylation is 1. The fourth-order valence-corrected chi connectivity index (χ4v) is 4.42. The van der Waals surface area contributed by atoms with Crippen molar-refractivity contribution in [3.63, 3.8) is 0 Å². The first-order valence-corrected chi connectivity index (χ1v) is 9.05. The maximum atomic E-state index is 12.3. The molecule has 1 amide bonds. The van der Waals surface area contributed by atoms with Crippen molar-refractivity contribution in [3.05, 3.63) is 53.5 Å². The zero-order chi connectivity index (χ0) is 17.6. The lowest BCUT2D eigenvalue weighted by atomic mass is 9.89. The molecule has 0 radical (unpaired) electrons. The lowest BCUT2D eigenvalue weighted by Gasteiger charge is -2.35. The van der Waals surface area contributed by atoms with Crippen LogP contribution in [0, 0.1) is 6.92 Å². The lowest BCUT2D eigenvalue weighted by Crippen LogP contribution is -3.11. The summed E-state index contributed by atoms with van der Waals surface area (Å²) in [6.45, 7) is 4.32. The fourth-order valence-electron chi connectivity index (χ4n) is 4.09. The van der Waals surface area contributed by atoms with Crippen molar-refractivity contribution in [2.75, 3.05) is 25.0 Å². The first kappa shape index (κ1) is 16.3. The normalized spacial score (nSPS) is 24.6. The molecule has 1 aromatic carbocycles. The number of nitrogens with one attached hydrogen (secondary N) is 2. The highest BCUT2D eigenvalue weighted by Gasteiger charge is 2.44. The summed E-state index contributed by atoms with van der Waals surface area (Å²) in [6.07, 6.45) is 2.54. The summed E-state index contributed by atoms with van der Waals surface area (Å²) in [5.41, 5.74) is 3.73. The molecule has 1 saturated heterocycles. The summed E-state index contributed by atoms with van der Waals surface area (Å²) < 4.78 is 5.17. The van der Waals surface area contributed by atoms with E-state index in [2.05, 4.69) is 42.4 Å². The Hall–Kier alpha value is -2.18. The van der Waals surface area contributed by atoms with Gasteiger partial charge in [-0.2, -0.15) is 0 Å². The fraction of sp³-hybridized carbons (Fsp3) is 0.368. The van der Waals surface area contributed by atoms with Crippen molar-refractivity contribution in [2.24, 2.45) is 0 Å². The van der Waals surface area contributed by atoms with E-state index in [1.807, 2.05) is 0 Å². The highest BCUT2D eigenvalue weighted by Crippen LogP contribution is 2.43. The van der Waals surface area contributed by atoms with Gasteiger partial charge in [-0.15, -0.1) is 0 Å². The van der Waals surface area contributed by atoms with Crippen LogP contribution >= 0.6 is 12.2 Å². The first-order valence-electron chi connectivity index (χ1n) is 8.64.